The van der Waals surface area contributed by atoms with Crippen LogP contribution in [0.25, 0.3) is 5.70 Å². The van der Waals surface area contributed by atoms with Gasteiger partial charge in [0.2, 0.25) is 0 Å². The van der Waals surface area contributed by atoms with Gasteiger partial charge in [0.25, 0.3) is 0 Å². The van der Waals surface area contributed by atoms with E-state index in [1.165, 1.54) is 5.56 Å². The molecule has 1 heterocycles. The van der Waals surface area contributed by atoms with Gasteiger partial charge in [-0.1, -0.05) is 76.1 Å². The number of aromatic hydroxyl groups is 1. The number of para-hydroxylation sites is 1. The average Bonchev–Trinajstić information content (AvgIpc) is 2.69. The van der Waals surface area contributed by atoms with E-state index in [4.69, 9.17) is 0 Å². The molecule has 2 unspecified atom stereocenters. The Kier molecular flexibility index (Phi) is 5.01. The maximum Gasteiger partial charge on any atom is 0.120 e. The first-order valence-electron chi connectivity index (χ1n) is 8.95. The third kappa shape index (κ3) is 3.92. The van der Waals surface area contributed by atoms with Crippen molar-refractivity contribution in [2.75, 3.05) is 0 Å². The Morgan fingerprint density at radius 1 is 0.889 bits per heavy atom. The summed E-state index contributed by atoms with van der Waals surface area (Å²) >= 11 is 3.50. The summed E-state index contributed by atoms with van der Waals surface area (Å²) in [6, 6.07) is 24.1. The van der Waals surface area contributed by atoms with Crippen molar-refractivity contribution in [1.82, 2.24) is 10.6 Å². The minimum Gasteiger partial charge on any atom is -0.508 e. The van der Waals surface area contributed by atoms with E-state index >= 15 is 0 Å². The third-order valence-corrected chi connectivity index (χ3v) is 5.35. The van der Waals surface area contributed by atoms with E-state index in [9.17, 15) is 5.11 Å². The van der Waals surface area contributed by atoms with E-state index in [2.05, 4.69) is 76.0 Å². The van der Waals surface area contributed by atoms with Crippen molar-refractivity contribution in [2.24, 2.45) is 0 Å². The molecule has 0 fully saturated rings. The minimum atomic E-state index is -0.0996. The first-order valence-corrected chi connectivity index (χ1v) is 9.74. The lowest BCUT2D eigenvalue weighted by Crippen LogP contribution is -2.39. The number of hydrogen-bond acceptors (Lipinski definition) is 3. The molecule has 0 bridgehead atoms. The van der Waals surface area contributed by atoms with E-state index in [1.807, 2.05) is 30.3 Å². The van der Waals surface area contributed by atoms with Crippen LogP contribution in [0.1, 0.15) is 34.5 Å². The van der Waals surface area contributed by atoms with Crippen molar-refractivity contribution in [3.8, 4) is 5.75 Å². The summed E-state index contributed by atoms with van der Waals surface area (Å²) in [5.41, 5.74) is 5.40. The smallest absolute Gasteiger partial charge is 0.120 e. The SMILES string of the molecule is Cc1ccc(C2NC(c3ccc(Br)cc3)=CC(c3ccccc3O)N2)cc1. The zero-order chi connectivity index (χ0) is 18.8. The molecule has 3 nitrogen and oxygen atoms in total. The van der Waals surface area contributed by atoms with Crippen LogP contribution in [0.15, 0.2) is 83.3 Å². The number of hydrogen-bond donors (Lipinski definition) is 3. The molecular weight excluding hydrogens is 400 g/mol. The van der Waals surface area contributed by atoms with Gasteiger partial charge in [0.15, 0.2) is 0 Å². The Morgan fingerprint density at radius 3 is 2.30 bits per heavy atom. The molecule has 3 aromatic rings. The molecule has 4 heteroatoms. The average molecular weight is 421 g/mol. The number of phenolic OH excluding ortho intramolecular Hbond substituents is 1. The summed E-state index contributed by atoms with van der Waals surface area (Å²) in [5.74, 6) is 0.297. The summed E-state index contributed by atoms with van der Waals surface area (Å²) in [7, 11) is 0. The Balaban J connectivity index is 1.75. The van der Waals surface area contributed by atoms with Gasteiger partial charge in [-0.2, -0.15) is 0 Å². The highest BCUT2D eigenvalue weighted by Crippen LogP contribution is 2.33. The second-order valence-electron chi connectivity index (χ2n) is 6.78. The Hall–Kier alpha value is -2.56. The number of benzene rings is 3. The molecule has 1 aliphatic heterocycles. The van der Waals surface area contributed by atoms with Crippen molar-refractivity contribution in [1.29, 1.82) is 0 Å². The summed E-state index contributed by atoms with van der Waals surface area (Å²) < 4.78 is 1.05. The quantitative estimate of drug-likeness (QED) is 0.528. The molecule has 0 spiro atoms. The predicted octanol–water partition coefficient (Wildman–Crippen LogP) is 5.44. The standard InChI is InChI=1S/C23H21BrN2O/c1-15-6-8-17(9-7-15)23-25-20(16-10-12-18(24)13-11-16)14-21(26-23)19-4-2-3-5-22(19)27/h2-14,21,23,25-27H,1H3. The highest BCUT2D eigenvalue weighted by molar-refractivity contribution is 9.10. The van der Waals surface area contributed by atoms with E-state index in [-0.39, 0.29) is 12.2 Å². The third-order valence-electron chi connectivity index (χ3n) is 4.82. The zero-order valence-corrected chi connectivity index (χ0v) is 16.6. The van der Waals surface area contributed by atoms with Gasteiger partial charge in [-0.05, 0) is 42.3 Å². The maximum absolute atomic E-state index is 10.4. The highest BCUT2D eigenvalue weighted by Gasteiger charge is 2.25. The largest absolute Gasteiger partial charge is 0.508 e. The van der Waals surface area contributed by atoms with Crippen LogP contribution in [0.3, 0.4) is 0 Å². The fraction of sp³-hybridized carbons (Fsp3) is 0.130. The maximum atomic E-state index is 10.4. The molecular formula is C23H21BrN2O. The molecule has 0 saturated heterocycles. The summed E-state index contributed by atoms with van der Waals surface area (Å²) in [6.07, 6.45) is 2.07. The molecule has 0 aliphatic carbocycles. The minimum absolute atomic E-state index is 0.0566. The van der Waals surface area contributed by atoms with Gasteiger partial charge in [-0.3, -0.25) is 5.32 Å². The van der Waals surface area contributed by atoms with E-state index in [1.54, 1.807) is 6.07 Å². The lowest BCUT2D eigenvalue weighted by atomic mass is 9.97. The summed E-state index contributed by atoms with van der Waals surface area (Å²) in [4.78, 5) is 0. The molecule has 27 heavy (non-hydrogen) atoms. The number of nitrogens with one attached hydrogen (secondary N) is 2. The normalized spacial score (nSPS) is 19.3. The van der Waals surface area contributed by atoms with Crippen molar-refractivity contribution in [3.05, 3.63) is 106 Å². The van der Waals surface area contributed by atoms with Crippen LogP contribution in [0.2, 0.25) is 0 Å². The van der Waals surface area contributed by atoms with Gasteiger partial charge in [0.1, 0.15) is 11.9 Å². The van der Waals surface area contributed by atoms with Crippen LogP contribution in [0.4, 0.5) is 0 Å². The van der Waals surface area contributed by atoms with Gasteiger partial charge in [0, 0.05) is 15.7 Å². The predicted molar refractivity (Wildman–Crippen MR) is 113 cm³/mol. The lowest BCUT2D eigenvalue weighted by molar-refractivity contribution is 0.419. The molecule has 3 N–H and O–H groups in total. The van der Waals surface area contributed by atoms with E-state index in [0.29, 0.717) is 5.75 Å². The fourth-order valence-electron chi connectivity index (χ4n) is 3.32. The van der Waals surface area contributed by atoms with Crippen molar-refractivity contribution < 1.29 is 5.11 Å². The van der Waals surface area contributed by atoms with Crippen LogP contribution in [0.5, 0.6) is 5.75 Å². The lowest BCUT2D eigenvalue weighted by Gasteiger charge is -2.33. The molecule has 3 aromatic carbocycles. The number of phenols is 1. The molecule has 0 aromatic heterocycles. The zero-order valence-electron chi connectivity index (χ0n) is 15.0. The molecule has 2 atom stereocenters. The molecule has 1 aliphatic rings. The van der Waals surface area contributed by atoms with Crippen LogP contribution in [0, 0.1) is 6.92 Å². The van der Waals surface area contributed by atoms with Crippen molar-refractivity contribution >= 4 is 21.6 Å². The molecule has 136 valence electrons. The first-order chi connectivity index (χ1) is 13.1. The van der Waals surface area contributed by atoms with Gasteiger partial charge >= 0.3 is 0 Å². The summed E-state index contributed by atoms with van der Waals surface area (Å²) in [6.45, 7) is 2.09. The Morgan fingerprint density at radius 2 is 1.59 bits per heavy atom. The van der Waals surface area contributed by atoms with Crippen LogP contribution in [-0.2, 0) is 0 Å². The second-order valence-corrected chi connectivity index (χ2v) is 7.69. The number of halogens is 1. The van der Waals surface area contributed by atoms with Crippen molar-refractivity contribution in [3.63, 3.8) is 0 Å². The molecule has 0 amide bonds. The van der Waals surface area contributed by atoms with Crippen LogP contribution < -0.4 is 10.6 Å². The number of rotatable bonds is 3. The van der Waals surface area contributed by atoms with Gasteiger partial charge in [-0.25, -0.2) is 0 Å². The Labute approximate surface area is 167 Å². The van der Waals surface area contributed by atoms with Gasteiger partial charge in [-0.15, -0.1) is 0 Å². The molecule has 0 saturated carbocycles. The van der Waals surface area contributed by atoms with E-state index in [0.717, 1.165) is 26.9 Å². The molecule has 4 rings (SSSR count). The van der Waals surface area contributed by atoms with Crippen LogP contribution >= 0.6 is 15.9 Å². The monoisotopic (exact) mass is 420 g/mol. The van der Waals surface area contributed by atoms with Gasteiger partial charge in [0.05, 0.1) is 6.04 Å². The highest BCUT2D eigenvalue weighted by atomic mass is 79.9. The topological polar surface area (TPSA) is 44.3 Å². The summed E-state index contributed by atoms with van der Waals surface area (Å²) in [5, 5.41) is 17.6. The Bertz CT molecular complexity index is 964. The van der Waals surface area contributed by atoms with Crippen molar-refractivity contribution in [2.45, 2.75) is 19.1 Å². The van der Waals surface area contributed by atoms with E-state index < -0.39 is 0 Å². The number of aryl methyl sites for hydroxylation is 1. The van der Waals surface area contributed by atoms with Crippen LogP contribution in [-0.4, -0.2) is 5.11 Å². The second kappa shape index (κ2) is 7.59. The van der Waals surface area contributed by atoms with Gasteiger partial charge < -0.3 is 10.4 Å². The molecule has 0 radical (unpaired) electrons. The first kappa shape index (κ1) is 17.8. The fourth-order valence-corrected chi connectivity index (χ4v) is 3.58.